The standard InChI is InChI=1S/C50H57F5N12O8S/c1-26(57-6)46(69)62-44(50(3,4)5)48(71)67-24-32(20-37(67)47(70)61-42-34(52)9-8-10-35(42)53)60-39(68)25-74-18-17-66-23-30(21-59-66)33-22-58-45(56)40-41(63-65(7)43(33)40)29-13-16-36(64-76(72,73)49(54)55)38(19-29)75-27(2)28-11-14-31(51)15-12-28/h8-16,19,21-23,26-27,32,37,44,49,57,64H,17-18,20,24-25H2,1-7H3,(H2,56,58)(H,60,68)(H,61,70)(H,62,69)/t26?,27?,32?,37-,44?/m0/s1. The van der Waals surface area contributed by atoms with Crippen LogP contribution in [-0.4, -0.2) is 118 Å². The summed E-state index contributed by atoms with van der Waals surface area (Å²) in [6.07, 6.45) is 3.86. The van der Waals surface area contributed by atoms with E-state index in [9.17, 15) is 49.5 Å². The number of aryl methyl sites for hydroxylation is 1. The van der Waals surface area contributed by atoms with E-state index in [0.717, 1.165) is 18.2 Å². The summed E-state index contributed by atoms with van der Waals surface area (Å²) in [6.45, 7) is 7.95. The third kappa shape index (κ3) is 12.7. The van der Waals surface area contributed by atoms with Gasteiger partial charge in [0.15, 0.2) is 0 Å². The summed E-state index contributed by atoms with van der Waals surface area (Å²) in [4.78, 5) is 59.8. The Bertz CT molecular complexity index is 3220. The van der Waals surface area contributed by atoms with Crippen molar-refractivity contribution in [3.63, 3.8) is 0 Å². The number of likely N-dealkylation sites (N-methyl/N-ethyl adjacent to an activating group) is 1. The summed E-state index contributed by atoms with van der Waals surface area (Å²) in [5.74, 6) is -8.98. The maximum Gasteiger partial charge on any atom is 0.355 e. The Hall–Kier alpha value is -7.71. The van der Waals surface area contributed by atoms with Crippen LogP contribution in [0.2, 0.25) is 0 Å². The molecule has 7 N–H and O–H groups in total. The number of para-hydroxylation sites is 1. The Morgan fingerprint density at radius 2 is 1.66 bits per heavy atom. The molecule has 0 radical (unpaired) electrons. The van der Waals surface area contributed by atoms with Crippen LogP contribution in [0, 0.1) is 22.9 Å². The number of nitrogen functional groups attached to an aromatic ring is 1. The fourth-order valence-corrected chi connectivity index (χ4v) is 9.04. The molecule has 0 saturated carbocycles. The van der Waals surface area contributed by atoms with Gasteiger partial charge in [0.25, 0.3) is 10.0 Å². The number of ether oxygens (including phenoxy) is 2. The van der Waals surface area contributed by atoms with Gasteiger partial charge in [-0.3, -0.25) is 33.3 Å². The maximum absolute atomic E-state index is 14.6. The second-order valence-electron chi connectivity index (χ2n) is 19.1. The minimum absolute atomic E-state index is 0.0000415. The number of nitrogens with two attached hydrogens (primary N) is 1. The number of carbonyl (C=O) groups excluding carboxylic acids is 4. The smallest absolute Gasteiger partial charge is 0.355 e. The first kappa shape index (κ1) is 56.0. The van der Waals surface area contributed by atoms with Gasteiger partial charge >= 0.3 is 5.76 Å². The molecule has 4 heterocycles. The number of amides is 4. The highest BCUT2D eigenvalue weighted by Crippen LogP contribution is 2.40. The highest BCUT2D eigenvalue weighted by Gasteiger charge is 2.46. The quantitative estimate of drug-likeness (QED) is 0.0409. The van der Waals surface area contributed by atoms with Crippen LogP contribution in [0.25, 0.3) is 33.3 Å². The van der Waals surface area contributed by atoms with Crippen molar-refractivity contribution in [3.8, 4) is 28.1 Å². The molecule has 4 unspecified atom stereocenters. The number of nitrogens with zero attached hydrogens (tertiary/aromatic N) is 6. The molecule has 5 atom stereocenters. The summed E-state index contributed by atoms with van der Waals surface area (Å²) in [6, 6.07) is 8.61. The fourth-order valence-electron chi connectivity index (χ4n) is 8.48. The molecule has 26 heteroatoms. The monoisotopic (exact) mass is 1080 g/mol. The van der Waals surface area contributed by atoms with Crippen LogP contribution in [0.1, 0.15) is 52.7 Å². The molecule has 76 heavy (non-hydrogen) atoms. The van der Waals surface area contributed by atoms with E-state index in [1.807, 2.05) is 4.72 Å². The van der Waals surface area contributed by atoms with Crippen molar-refractivity contribution in [1.82, 2.24) is 45.4 Å². The van der Waals surface area contributed by atoms with Gasteiger partial charge in [0.1, 0.15) is 65.2 Å². The summed E-state index contributed by atoms with van der Waals surface area (Å²) in [5, 5.41) is 20.1. The minimum atomic E-state index is -5.12. The van der Waals surface area contributed by atoms with E-state index in [1.54, 1.807) is 70.5 Å². The molecule has 1 aliphatic heterocycles. The predicted octanol–water partition coefficient (Wildman–Crippen LogP) is 5.48. The molecule has 4 amide bonds. The lowest BCUT2D eigenvalue weighted by Crippen LogP contribution is -2.59. The van der Waals surface area contributed by atoms with Gasteiger partial charge in [0.2, 0.25) is 23.6 Å². The molecule has 1 aliphatic rings. The van der Waals surface area contributed by atoms with Gasteiger partial charge in [-0.05, 0) is 74.7 Å². The van der Waals surface area contributed by atoms with Gasteiger partial charge in [0, 0.05) is 48.7 Å². The van der Waals surface area contributed by atoms with Crippen molar-refractivity contribution in [2.75, 3.05) is 42.6 Å². The molecule has 3 aromatic carbocycles. The van der Waals surface area contributed by atoms with Crippen LogP contribution in [0.5, 0.6) is 5.75 Å². The number of hydrogen-bond donors (Lipinski definition) is 6. The van der Waals surface area contributed by atoms with Crippen molar-refractivity contribution < 1.29 is 59.0 Å². The third-order valence-electron chi connectivity index (χ3n) is 12.6. The van der Waals surface area contributed by atoms with Gasteiger partial charge in [-0.2, -0.15) is 19.0 Å². The minimum Gasteiger partial charge on any atom is -0.484 e. The number of pyridine rings is 1. The lowest BCUT2D eigenvalue weighted by molar-refractivity contribution is -0.143. The molecule has 0 spiro atoms. The van der Waals surface area contributed by atoms with Crippen molar-refractivity contribution in [2.45, 2.75) is 83.6 Å². The van der Waals surface area contributed by atoms with Crippen LogP contribution < -0.4 is 36.5 Å². The molecule has 3 aromatic heterocycles. The molecule has 406 valence electrons. The van der Waals surface area contributed by atoms with Crippen LogP contribution in [-0.2, 0) is 47.5 Å². The van der Waals surface area contributed by atoms with Crippen LogP contribution in [0.3, 0.4) is 0 Å². The molecular formula is C50H57F5N12O8S. The highest BCUT2D eigenvalue weighted by atomic mass is 32.2. The number of halogens is 5. The van der Waals surface area contributed by atoms with E-state index in [1.165, 1.54) is 53.6 Å². The van der Waals surface area contributed by atoms with Crippen LogP contribution in [0.4, 0.5) is 39.1 Å². The molecule has 1 saturated heterocycles. The largest absolute Gasteiger partial charge is 0.484 e. The van der Waals surface area contributed by atoms with E-state index < -0.39 is 105 Å². The van der Waals surface area contributed by atoms with E-state index in [-0.39, 0.29) is 49.1 Å². The van der Waals surface area contributed by atoms with E-state index in [0.29, 0.717) is 33.2 Å². The van der Waals surface area contributed by atoms with E-state index in [2.05, 4.69) is 31.3 Å². The molecule has 6 aromatic rings. The number of nitrogens with one attached hydrogen (secondary N) is 5. The molecule has 20 nitrogen and oxygen atoms in total. The average Bonchev–Trinajstić information content (AvgIpc) is 4.14. The fraction of sp³-hybridized carbons (Fsp3) is 0.380. The van der Waals surface area contributed by atoms with E-state index in [4.69, 9.17) is 20.3 Å². The van der Waals surface area contributed by atoms with Gasteiger partial charge < -0.3 is 41.4 Å². The molecular weight excluding hydrogens is 1020 g/mol. The lowest BCUT2D eigenvalue weighted by Gasteiger charge is -2.36. The summed E-state index contributed by atoms with van der Waals surface area (Å²) in [5.41, 5.74) is 7.42. The van der Waals surface area contributed by atoms with Gasteiger partial charge in [-0.1, -0.05) is 45.0 Å². The SMILES string of the molecule is CNC(C)C(=O)NC(C(=O)N1CC(NC(=O)COCCn2cc(-c3cnc(N)c4c(-c5ccc(NS(=O)(=O)C(F)F)c(OC(C)c6ccc(F)cc6)c5)nn(C)c34)cn2)C[C@H]1C(=O)Nc1c(F)cccc1F)C(C)(C)C. The molecule has 0 bridgehead atoms. The number of benzene rings is 3. The first-order valence-electron chi connectivity index (χ1n) is 23.8. The Morgan fingerprint density at radius 1 is 0.961 bits per heavy atom. The maximum atomic E-state index is 14.6. The highest BCUT2D eigenvalue weighted by molar-refractivity contribution is 7.93. The number of hydrogen-bond acceptors (Lipinski definition) is 13. The zero-order chi connectivity index (χ0) is 55.4. The van der Waals surface area contributed by atoms with Crippen LogP contribution in [0.15, 0.2) is 79.3 Å². The van der Waals surface area contributed by atoms with Crippen molar-refractivity contribution in [2.24, 2.45) is 12.5 Å². The summed E-state index contributed by atoms with van der Waals surface area (Å²) < 4.78 is 111. The zero-order valence-electron chi connectivity index (χ0n) is 42.3. The van der Waals surface area contributed by atoms with Gasteiger partial charge in [0.05, 0.1) is 42.0 Å². The first-order chi connectivity index (χ1) is 35.9. The number of rotatable bonds is 20. The Balaban J connectivity index is 1.03. The number of likely N-dealkylation sites (tertiary alicyclic amines) is 1. The summed E-state index contributed by atoms with van der Waals surface area (Å²) in [7, 11) is -1.88. The Morgan fingerprint density at radius 3 is 2.32 bits per heavy atom. The molecule has 7 rings (SSSR count). The number of carbonyl (C=O) groups is 4. The van der Waals surface area contributed by atoms with Crippen molar-refractivity contribution in [3.05, 3.63) is 102 Å². The Labute approximate surface area is 433 Å². The van der Waals surface area contributed by atoms with E-state index >= 15 is 0 Å². The second-order valence-corrected chi connectivity index (χ2v) is 20.8. The topological polar surface area (TPSA) is 259 Å². The number of sulfonamides is 1. The normalized spacial score (nSPS) is 16.1. The van der Waals surface area contributed by atoms with Gasteiger partial charge in [-0.25, -0.2) is 26.6 Å². The molecule has 1 fully saturated rings. The van der Waals surface area contributed by atoms with Gasteiger partial charge in [-0.15, -0.1) is 0 Å². The second kappa shape index (κ2) is 23.0. The molecule has 0 aliphatic carbocycles. The first-order valence-corrected chi connectivity index (χ1v) is 25.3. The average molecular weight is 1080 g/mol. The van der Waals surface area contributed by atoms with Crippen LogP contribution >= 0.6 is 0 Å². The lowest BCUT2D eigenvalue weighted by atomic mass is 9.85. The predicted molar refractivity (Wildman–Crippen MR) is 271 cm³/mol. The number of aromatic nitrogens is 5. The third-order valence-corrected chi connectivity index (χ3v) is 13.6. The number of alkyl halides is 2. The van der Waals surface area contributed by atoms with Crippen molar-refractivity contribution >= 4 is 61.7 Å². The van der Waals surface area contributed by atoms with Crippen molar-refractivity contribution in [1.29, 1.82) is 0 Å². The zero-order valence-corrected chi connectivity index (χ0v) is 43.1. The number of fused-ring (bicyclic) bond motifs is 1. The Kier molecular flexibility index (Phi) is 17.0. The number of anilines is 3. The summed E-state index contributed by atoms with van der Waals surface area (Å²) >= 11 is 0.